The van der Waals surface area contributed by atoms with Gasteiger partial charge < -0.3 is 0 Å². The van der Waals surface area contributed by atoms with Crippen LogP contribution in [0.25, 0.3) is 10.8 Å². The molecule has 0 spiro atoms. The van der Waals surface area contributed by atoms with Gasteiger partial charge in [0, 0.05) is 16.5 Å². The fourth-order valence-electron chi connectivity index (χ4n) is 2.69. The molecule has 1 saturated carbocycles. The summed E-state index contributed by atoms with van der Waals surface area (Å²) in [5.41, 5.74) is 4.25. The smallest absolute Gasteiger partial charge is 0.176 e. The Hall–Kier alpha value is -1.97. The highest BCUT2D eigenvalue weighted by atomic mass is 15.3. The molecule has 3 rings (SSSR count). The second-order valence-corrected chi connectivity index (χ2v) is 5.13. The molecule has 1 aromatic carbocycles. The lowest BCUT2D eigenvalue weighted by Crippen LogP contribution is -2.09. The Morgan fingerprint density at radius 3 is 2.89 bits per heavy atom. The molecule has 0 radical (unpaired) electrons. The van der Waals surface area contributed by atoms with Crippen molar-refractivity contribution in [2.45, 2.75) is 32.6 Å². The van der Waals surface area contributed by atoms with Gasteiger partial charge in [-0.05, 0) is 25.7 Å². The monoisotopic (exact) mass is 254 g/mol. The number of nitrogens with zero attached hydrogens (tertiary/aromatic N) is 3. The fraction of sp³-hybridized carbons (Fsp3) is 0.400. The molecule has 0 saturated heterocycles. The maximum Gasteiger partial charge on any atom is 0.176 e. The lowest BCUT2D eigenvalue weighted by Gasteiger charge is -2.09. The molecule has 1 N–H and O–H groups in total. The van der Waals surface area contributed by atoms with E-state index in [4.69, 9.17) is 0 Å². The summed E-state index contributed by atoms with van der Waals surface area (Å²) in [7, 11) is 0. The number of hydrogen-bond donors (Lipinski definition) is 1. The summed E-state index contributed by atoms with van der Waals surface area (Å²) in [4.78, 5) is 0. The van der Waals surface area contributed by atoms with Crippen molar-refractivity contribution in [3.63, 3.8) is 0 Å². The van der Waals surface area contributed by atoms with Crippen LogP contribution in [0.5, 0.6) is 0 Å². The molecule has 0 aliphatic heterocycles. The lowest BCUT2D eigenvalue weighted by molar-refractivity contribution is 0.723. The molecule has 0 bridgehead atoms. The molecule has 1 aliphatic rings. The average Bonchev–Trinajstić information content (AvgIpc) is 2.99. The van der Waals surface area contributed by atoms with E-state index in [0.29, 0.717) is 5.92 Å². The van der Waals surface area contributed by atoms with E-state index in [-0.39, 0.29) is 0 Å². The van der Waals surface area contributed by atoms with Crippen LogP contribution >= 0.6 is 0 Å². The zero-order chi connectivity index (χ0) is 13.1. The van der Waals surface area contributed by atoms with E-state index in [9.17, 15) is 0 Å². The van der Waals surface area contributed by atoms with Crippen LogP contribution < -0.4 is 5.43 Å². The van der Waals surface area contributed by atoms with Crippen molar-refractivity contribution in [3.05, 3.63) is 30.5 Å². The van der Waals surface area contributed by atoms with Crippen LogP contribution in [0.1, 0.15) is 32.6 Å². The minimum atomic E-state index is 0.635. The van der Waals surface area contributed by atoms with Gasteiger partial charge >= 0.3 is 0 Å². The summed E-state index contributed by atoms with van der Waals surface area (Å²) in [5.74, 6) is 1.37. The normalized spacial score (nSPS) is 17.0. The Bertz CT molecular complexity index is 595. The molecule has 1 fully saturated rings. The Kier molecular flexibility index (Phi) is 3.40. The van der Waals surface area contributed by atoms with Crippen LogP contribution in [0.3, 0.4) is 0 Å². The molecule has 98 valence electrons. The maximum absolute atomic E-state index is 4.49. The Morgan fingerprint density at radius 1 is 1.26 bits per heavy atom. The molecule has 0 amide bonds. The van der Waals surface area contributed by atoms with Gasteiger partial charge in [0.15, 0.2) is 5.82 Å². The molecule has 1 aromatic heterocycles. The van der Waals surface area contributed by atoms with E-state index in [1.165, 1.54) is 31.4 Å². The second-order valence-electron chi connectivity index (χ2n) is 5.13. The number of rotatable bonds is 3. The van der Waals surface area contributed by atoms with Crippen LogP contribution in [-0.2, 0) is 0 Å². The largest absolute Gasteiger partial charge is 0.259 e. The molecule has 2 aromatic rings. The van der Waals surface area contributed by atoms with Gasteiger partial charge in [-0.2, -0.15) is 10.2 Å². The number of aromatic nitrogens is 2. The molecule has 4 heteroatoms. The number of nitrogens with one attached hydrogen (secondary N) is 1. The van der Waals surface area contributed by atoms with E-state index in [1.807, 2.05) is 24.3 Å². The van der Waals surface area contributed by atoms with Crippen LogP contribution in [-0.4, -0.2) is 15.9 Å². The summed E-state index contributed by atoms with van der Waals surface area (Å²) in [6, 6.07) is 8.07. The van der Waals surface area contributed by atoms with Crippen molar-refractivity contribution in [1.29, 1.82) is 0 Å². The Labute approximate surface area is 112 Å². The predicted molar refractivity (Wildman–Crippen MR) is 78.2 cm³/mol. The predicted octanol–water partition coefficient (Wildman–Crippen LogP) is 3.61. The molecule has 0 unspecified atom stereocenters. The Morgan fingerprint density at radius 2 is 2.05 bits per heavy atom. The molecule has 1 aliphatic carbocycles. The fourth-order valence-corrected chi connectivity index (χ4v) is 2.69. The number of hydrogen-bond acceptors (Lipinski definition) is 4. The van der Waals surface area contributed by atoms with Crippen molar-refractivity contribution in [1.82, 2.24) is 10.2 Å². The lowest BCUT2D eigenvalue weighted by atomic mass is 10.0. The Balaban J connectivity index is 1.83. The van der Waals surface area contributed by atoms with E-state index < -0.39 is 0 Å². The average molecular weight is 254 g/mol. The maximum atomic E-state index is 4.49. The molecular weight excluding hydrogens is 236 g/mol. The standard InChI is InChI=1S/C15H18N4/c1-11(12-6-2-3-7-12)17-19-15-14-9-5-4-8-13(14)10-16-18-15/h4-5,8-10,12H,2-3,6-7H2,1H3,(H,18,19). The highest BCUT2D eigenvalue weighted by Crippen LogP contribution is 2.26. The number of benzene rings is 1. The summed E-state index contributed by atoms with van der Waals surface area (Å²) in [5, 5.41) is 14.8. The van der Waals surface area contributed by atoms with Gasteiger partial charge in [-0.1, -0.05) is 37.1 Å². The van der Waals surface area contributed by atoms with Gasteiger partial charge in [0.25, 0.3) is 0 Å². The second kappa shape index (κ2) is 5.34. The minimum Gasteiger partial charge on any atom is -0.259 e. The molecule has 0 atom stereocenters. The number of fused-ring (bicyclic) bond motifs is 1. The van der Waals surface area contributed by atoms with Crippen molar-refractivity contribution in [2.24, 2.45) is 11.0 Å². The van der Waals surface area contributed by atoms with E-state index in [0.717, 1.165) is 16.6 Å². The zero-order valence-electron chi connectivity index (χ0n) is 11.1. The van der Waals surface area contributed by atoms with Crippen LogP contribution in [0.15, 0.2) is 35.6 Å². The first-order valence-corrected chi connectivity index (χ1v) is 6.85. The highest BCUT2D eigenvalue weighted by Gasteiger charge is 2.17. The zero-order valence-corrected chi connectivity index (χ0v) is 11.1. The molecule has 19 heavy (non-hydrogen) atoms. The van der Waals surface area contributed by atoms with Crippen LogP contribution in [0.4, 0.5) is 5.82 Å². The van der Waals surface area contributed by atoms with Crippen LogP contribution in [0, 0.1) is 5.92 Å². The first kappa shape index (κ1) is 12.1. The van der Waals surface area contributed by atoms with Crippen molar-refractivity contribution >= 4 is 22.3 Å². The summed E-state index contributed by atoms with van der Waals surface area (Å²) >= 11 is 0. The molecular formula is C15H18N4. The number of anilines is 1. The van der Waals surface area contributed by atoms with Crippen molar-refractivity contribution < 1.29 is 0 Å². The van der Waals surface area contributed by atoms with Crippen molar-refractivity contribution in [3.8, 4) is 0 Å². The number of hydrazone groups is 1. The van der Waals surface area contributed by atoms with Crippen molar-refractivity contribution in [2.75, 3.05) is 5.43 Å². The quantitative estimate of drug-likeness (QED) is 0.672. The molecule has 1 heterocycles. The summed E-state index contributed by atoms with van der Waals surface area (Å²) in [6.45, 7) is 2.10. The SMILES string of the molecule is CC(=NNc1nncc2ccccc12)C1CCCC1. The van der Waals surface area contributed by atoms with Gasteiger partial charge in [-0.25, -0.2) is 0 Å². The van der Waals surface area contributed by atoms with Gasteiger partial charge in [-0.3, -0.25) is 5.43 Å². The van der Waals surface area contributed by atoms with E-state index in [1.54, 1.807) is 6.20 Å². The summed E-state index contributed by atoms with van der Waals surface area (Å²) < 4.78 is 0. The van der Waals surface area contributed by atoms with E-state index in [2.05, 4.69) is 27.6 Å². The third kappa shape index (κ3) is 2.57. The topological polar surface area (TPSA) is 50.2 Å². The minimum absolute atomic E-state index is 0.635. The van der Waals surface area contributed by atoms with Gasteiger partial charge in [0.05, 0.1) is 6.20 Å². The first-order chi connectivity index (χ1) is 9.34. The van der Waals surface area contributed by atoms with Gasteiger partial charge in [0.1, 0.15) is 0 Å². The van der Waals surface area contributed by atoms with Gasteiger partial charge in [-0.15, -0.1) is 5.10 Å². The molecule has 4 nitrogen and oxygen atoms in total. The third-order valence-electron chi connectivity index (χ3n) is 3.85. The highest BCUT2D eigenvalue weighted by molar-refractivity contribution is 5.92. The third-order valence-corrected chi connectivity index (χ3v) is 3.85. The van der Waals surface area contributed by atoms with Gasteiger partial charge in [0.2, 0.25) is 0 Å². The van der Waals surface area contributed by atoms with E-state index >= 15 is 0 Å². The summed E-state index contributed by atoms with van der Waals surface area (Å²) in [6.07, 6.45) is 6.95. The first-order valence-electron chi connectivity index (χ1n) is 6.85. The van der Waals surface area contributed by atoms with Crippen LogP contribution in [0.2, 0.25) is 0 Å².